The first-order valence-corrected chi connectivity index (χ1v) is 12.6. The van der Waals surface area contributed by atoms with Crippen molar-refractivity contribution >= 4 is 40.7 Å². The molecule has 1 aliphatic heterocycles. The Kier molecular flexibility index (Phi) is 10.2. The number of benzene rings is 2. The predicted molar refractivity (Wildman–Crippen MR) is 138 cm³/mol. The number of amides is 2. The Bertz CT molecular complexity index is 945. The van der Waals surface area contributed by atoms with Gasteiger partial charge in [0.25, 0.3) is 5.91 Å². The Balaban J connectivity index is 1.62. The highest BCUT2D eigenvalue weighted by Gasteiger charge is 2.26. The van der Waals surface area contributed by atoms with Crippen LogP contribution in [0.5, 0.6) is 0 Å². The van der Waals surface area contributed by atoms with Crippen LogP contribution in [0.15, 0.2) is 48.5 Å². The number of anilines is 1. The van der Waals surface area contributed by atoms with Gasteiger partial charge in [-0.05, 0) is 50.1 Å². The van der Waals surface area contributed by atoms with Gasteiger partial charge in [-0.25, -0.2) is 0 Å². The molecule has 0 saturated carbocycles. The van der Waals surface area contributed by atoms with E-state index in [-0.39, 0.29) is 23.8 Å². The van der Waals surface area contributed by atoms with Gasteiger partial charge in [-0.15, -0.1) is 11.6 Å². The zero-order valence-corrected chi connectivity index (χ0v) is 21.4. The molecule has 8 heteroatoms. The van der Waals surface area contributed by atoms with Gasteiger partial charge in [0.2, 0.25) is 5.91 Å². The lowest BCUT2D eigenvalue weighted by Crippen LogP contribution is -2.49. The molecule has 2 aromatic carbocycles. The van der Waals surface area contributed by atoms with Crippen LogP contribution in [-0.2, 0) is 16.0 Å². The standard InChI is InChI=1S/C26H33Cl2N3O3/c1-20(2)34-18-17-31(25(32)19-27)24-6-4-3-5-23(24)26(33)30-15-13-29(14-16-30)12-11-21-7-9-22(28)10-8-21/h3-10,20H,11-19H2,1-2H3. The Morgan fingerprint density at radius 1 is 1.03 bits per heavy atom. The molecular formula is C26H33Cl2N3O3. The van der Waals surface area contributed by atoms with Gasteiger partial charge >= 0.3 is 0 Å². The summed E-state index contributed by atoms with van der Waals surface area (Å²) in [6, 6.07) is 15.2. The van der Waals surface area contributed by atoms with Gasteiger partial charge in [-0.3, -0.25) is 14.5 Å². The normalized spacial score (nSPS) is 14.4. The van der Waals surface area contributed by atoms with E-state index >= 15 is 0 Å². The molecule has 0 radical (unpaired) electrons. The molecule has 0 aromatic heterocycles. The molecular weight excluding hydrogens is 473 g/mol. The maximum Gasteiger partial charge on any atom is 0.256 e. The lowest BCUT2D eigenvalue weighted by molar-refractivity contribution is -0.116. The second-order valence-corrected chi connectivity index (χ2v) is 9.33. The molecule has 1 aliphatic rings. The third kappa shape index (κ3) is 7.44. The second kappa shape index (κ2) is 13.1. The number of piperazine rings is 1. The number of carbonyl (C=O) groups is 2. The second-order valence-electron chi connectivity index (χ2n) is 8.63. The molecule has 1 saturated heterocycles. The molecule has 2 amide bonds. The Labute approximate surface area is 212 Å². The predicted octanol–water partition coefficient (Wildman–Crippen LogP) is 4.34. The van der Waals surface area contributed by atoms with Gasteiger partial charge in [0.15, 0.2) is 0 Å². The van der Waals surface area contributed by atoms with Gasteiger partial charge in [0.1, 0.15) is 5.88 Å². The topological polar surface area (TPSA) is 53.1 Å². The lowest BCUT2D eigenvalue weighted by atomic mass is 10.1. The van der Waals surface area contributed by atoms with E-state index < -0.39 is 0 Å². The van der Waals surface area contributed by atoms with Crippen molar-refractivity contribution in [2.24, 2.45) is 0 Å². The van der Waals surface area contributed by atoms with E-state index in [0.717, 1.165) is 31.1 Å². The molecule has 0 spiro atoms. The van der Waals surface area contributed by atoms with Crippen molar-refractivity contribution in [1.82, 2.24) is 9.80 Å². The van der Waals surface area contributed by atoms with E-state index in [1.54, 1.807) is 17.0 Å². The van der Waals surface area contributed by atoms with Crippen LogP contribution in [0.3, 0.4) is 0 Å². The highest BCUT2D eigenvalue weighted by molar-refractivity contribution is 6.30. The number of halogens is 2. The molecule has 6 nitrogen and oxygen atoms in total. The summed E-state index contributed by atoms with van der Waals surface area (Å²) < 4.78 is 5.63. The van der Waals surface area contributed by atoms with Gasteiger partial charge in [0, 0.05) is 44.3 Å². The summed E-state index contributed by atoms with van der Waals surface area (Å²) in [4.78, 5) is 31.8. The number of nitrogens with zero attached hydrogens (tertiary/aromatic N) is 3. The highest BCUT2D eigenvalue weighted by atomic mass is 35.5. The first-order valence-electron chi connectivity index (χ1n) is 11.7. The number of hydrogen-bond donors (Lipinski definition) is 0. The summed E-state index contributed by atoms with van der Waals surface area (Å²) in [5.74, 6) is -0.470. The van der Waals surface area contributed by atoms with Crippen molar-refractivity contribution in [2.75, 3.05) is 56.7 Å². The monoisotopic (exact) mass is 505 g/mol. The van der Waals surface area contributed by atoms with Crippen LogP contribution in [0, 0.1) is 0 Å². The van der Waals surface area contributed by atoms with Crippen molar-refractivity contribution in [3.63, 3.8) is 0 Å². The summed E-state index contributed by atoms with van der Waals surface area (Å²) in [6.45, 7) is 8.46. The maximum atomic E-state index is 13.4. The van der Waals surface area contributed by atoms with Crippen LogP contribution in [-0.4, -0.2) is 79.5 Å². The zero-order valence-electron chi connectivity index (χ0n) is 19.9. The molecule has 184 valence electrons. The smallest absolute Gasteiger partial charge is 0.256 e. The SMILES string of the molecule is CC(C)OCCN(C(=O)CCl)c1ccccc1C(=O)N1CCN(CCc2ccc(Cl)cc2)CC1. The number of rotatable bonds is 10. The molecule has 0 atom stereocenters. The summed E-state index contributed by atoms with van der Waals surface area (Å²) >= 11 is 11.8. The fraction of sp³-hybridized carbons (Fsp3) is 0.462. The van der Waals surface area contributed by atoms with Gasteiger partial charge in [-0.2, -0.15) is 0 Å². The summed E-state index contributed by atoms with van der Waals surface area (Å²) in [5, 5.41) is 0.745. The Morgan fingerprint density at radius 3 is 2.35 bits per heavy atom. The third-order valence-electron chi connectivity index (χ3n) is 5.90. The van der Waals surface area contributed by atoms with Crippen molar-refractivity contribution in [1.29, 1.82) is 0 Å². The lowest BCUT2D eigenvalue weighted by Gasteiger charge is -2.35. The minimum atomic E-state index is -0.249. The average Bonchev–Trinajstić information content (AvgIpc) is 2.85. The van der Waals surface area contributed by atoms with Gasteiger partial charge in [0.05, 0.1) is 24.0 Å². The quantitative estimate of drug-likeness (QED) is 0.450. The molecule has 3 rings (SSSR count). The van der Waals surface area contributed by atoms with E-state index in [4.69, 9.17) is 27.9 Å². The number of hydrogen-bond acceptors (Lipinski definition) is 4. The average molecular weight is 506 g/mol. The Hall–Kier alpha value is -2.12. The first-order chi connectivity index (χ1) is 16.4. The molecule has 0 unspecified atom stereocenters. The minimum Gasteiger partial charge on any atom is -0.377 e. The molecule has 0 N–H and O–H groups in total. The molecule has 1 heterocycles. The van der Waals surface area contributed by atoms with Crippen molar-refractivity contribution in [3.05, 3.63) is 64.7 Å². The molecule has 34 heavy (non-hydrogen) atoms. The number of ether oxygens (including phenoxy) is 1. The molecule has 0 aliphatic carbocycles. The first kappa shape index (κ1) is 26.5. The number of alkyl halides is 1. The zero-order chi connectivity index (χ0) is 24.5. The molecule has 1 fully saturated rings. The van der Waals surface area contributed by atoms with E-state index in [1.165, 1.54) is 5.56 Å². The van der Waals surface area contributed by atoms with Crippen molar-refractivity contribution in [2.45, 2.75) is 26.4 Å². The van der Waals surface area contributed by atoms with Crippen LogP contribution in [0.1, 0.15) is 29.8 Å². The summed E-state index contributed by atoms with van der Waals surface area (Å²) in [5.41, 5.74) is 2.35. The highest BCUT2D eigenvalue weighted by Crippen LogP contribution is 2.23. The fourth-order valence-electron chi connectivity index (χ4n) is 4.00. The van der Waals surface area contributed by atoms with Crippen molar-refractivity contribution in [3.8, 4) is 0 Å². The van der Waals surface area contributed by atoms with Crippen LogP contribution in [0.25, 0.3) is 0 Å². The summed E-state index contributed by atoms with van der Waals surface area (Å²) in [7, 11) is 0. The van der Waals surface area contributed by atoms with Crippen LogP contribution in [0.2, 0.25) is 5.02 Å². The van der Waals surface area contributed by atoms with E-state index in [9.17, 15) is 9.59 Å². The van der Waals surface area contributed by atoms with Gasteiger partial charge in [-0.1, -0.05) is 35.9 Å². The molecule has 0 bridgehead atoms. The number of carbonyl (C=O) groups excluding carboxylic acids is 2. The minimum absolute atomic E-state index is 0.0563. The maximum absolute atomic E-state index is 13.4. The van der Waals surface area contributed by atoms with E-state index in [1.807, 2.05) is 43.0 Å². The van der Waals surface area contributed by atoms with Crippen LogP contribution in [0.4, 0.5) is 5.69 Å². The van der Waals surface area contributed by atoms with E-state index in [0.29, 0.717) is 37.5 Å². The van der Waals surface area contributed by atoms with E-state index in [2.05, 4.69) is 17.0 Å². The summed E-state index contributed by atoms with van der Waals surface area (Å²) in [6.07, 6.45) is 1.00. The number of para-hydroxylation sites is 1. The van der Waals surface area contributed by atoms with Crippen molar-refractivity contribution < 1.29 is 14.3 Å². The molecule has 2 aromatic rings. The largest absolute Gasteiger partial charge is 0.377 e. The Morgan fingerprint density at radius 2 is 1.71 bits per heavy atom. The van der Waals surface area contributed by atoms with Crippen LogP contribution >= 0.6 is 23.2 Å². The fourth-order valence-corrected chi connectivity index (χ4v) is 4.27. The third-order valence-corrected chi connectivity index (χ3v) is 6.38. The van der Waals surface area contributed by atoms with Crippen LogP contribution < -0.4 is 4.90 Å². The van der Waals surface area contributed by atoms with Gasteiger partial charge < -0.3 is 14.5 Å².